The van der Waals surface area contributed by atoms with Crippen LogP contribution in [0.4, 0.5) is 13.2 Å². The second-order valence-corrected chi connectivity index (χ2v) is 4.61. The van der Waals surface area contributed by atoms with E-state index in [4.69, 9.17) is 26.1 Å². The predicted molar refractivity (Wildman–Crippen MR) is 68.1 cm³/mol. The first-order valence-corrected chi connectivity index (χ1v) is 6.12. The first kappa shape index (κ1) is 17.2. The molecule has 6 N–H and O–H groups in total. The second kappa shape index (κ2) is 6.76. The summed E-state index contributed by atoms with van der Waals surface area (Å²) < 4.78 is 37.2. The molecule has 2 aliphatic rings. The lowest BCUT2D eigenvalue weighted by Gasteiger charge is -2.27. The SMILES string of the molecule is NC1=NC(N)(CC2CCCO2)C=CN1.O=C(O)C(F)(F)F. The lowest BCUT2D eigenvalue weighted by Crippen LogP contribution is -2.46. The maximum Gasteiger partial charge on any atom is 0.490 e. The first-order chi connectivity index (χ1) is 9.62. The van der Waals surface area contributed by atoms with Crippen LogP contribution in [0.15, 0.2) is 17.3 Å². The molecule has 0 aromatic heterocycles. The molecule has 0 radical (unpaired) electrons. The highest BCUT2D eigenvalue weighted by Crippen LogP contribution is 2.23. The summed E-state index contributed by atoms with van der Waals surface area (Å²) in [6, 6.07) is 0. The van der Waals surface area contributed by atoms with Gasteiger partial charge in [-0.15, -0.1) is 0 Å². The van der Waals surface area contributed by atoms with Crippen LogP contribution in [-0.2, 0) is 9.53 Å². The van der Waals surface area contributed by atoms with Gasteiger partial charge in [0.05, 0.1) is 6.10 Å². The van der Waals surface area contributed by atoms with Crippen LogP contribution in [0.3, 0.4) is 0 Å². The topological polar surface area (TPSA) is 123 Å². The van der Waals surface area contributed by atoms with Crippen molar-refractivity contribution >= 4 is 11.9 Å². The number of carboxylic acid groups (broad SMARTS) is 1. The fourth-order valence-corrected chi connectivity index (χ4v) is 1.85. The zero-order valence-corrected chi connectivity index (χ0v) is 11.1. The number of alkyl halides is 3. The molecule has 2 heterocycles. The van der Waals surface area contributed by atoms with Crippen LogP contribution in [0.2, 0.25) is 0 Å². The van der Waals surface area contributed by atoms with Gasteiger partial charge in [0.15, 0.2) is 5.96 Å². The van der Waals surface area contributed by atoms with Crippen molar-refractivity contribution in [3.63, 3.8) is 0 Å². The number of aliphatic carboxylic acids is 1. The number of rotatable bonds is 2. The van der Waals surface area contributed by atoms with E-state index in [2.05, 4.69) is 10.3 Å². The number of hydrogen-bond acceptors (Lipinski definition) is 6. The van der Waals surface area contributed by atoms with E-state index in [1.165, 1.54) is 0 Å². The van der Waals surface area contributed by atoms with E-state index in [1.54, 1.807) is 6.20 Å². The van der Waals surface area contributed by atoms with Gasteiger partial charge in [0.1, 0.15) is 5.66 Å². The average Bonchev–Trinajstić information content (AvgIpc) is 2.80. The molecule has 10 heteroatoms. The lowest BCUT2D eigenvalue weighted by atomic mass is 10.0. The Morgan fingerprint density at radius 3 is 2.67 bits per heavy atom. The van der Waals surface area contributed by atoms with Crippen LogP contribution in [0, 0.1) is 0 Å². The van der Waals surface area contributed by atoms with Crippen LogP contribution in [0.25, 0.3) is 0 Å². The zero-order valence-electron chi connectivity index (χ0n) is 11.1. The van der Waals surface area contributed by atoms with Gasteiger partial charge in [0, 0.05) is 19.2 Å². The summed E-state index contributed by atoms with van der Waals surface area (Å²) in [5, 5.41) is 9.91. The fraction of sp³-hybridized carbons (Fsp3) is 0.636. The number of aliphatic imine (C=N–C) groups is 1. The highest BCUT2D eigenvalue weighted by molar-refractivity contribution is 5.80. The van der Waals surface area contributed by atoms with Gasteiger partial charge >= 0.3 is 12.1 Å². The normalized spacial score (nSPS) is 28.2. The summed E-state index contributed by atoms with van der Waals surface area (Å²) in [5.41, 5.74) is 10.9. The molecule has 0 bridgehead atoms. The molecule has 0 saturated carbocycles. The third-order valence-electron chi connectivity index (χ3n) is 2.75. The fourth-order valence-electron chi connectivity index (χ4n) is 1.85. The van der Waals surface area contributed by atoms with Crippen molar-refractivity contribution in [3.8, 4) is 0 Å². The van der Waals surface area contributed by atoms with Gasteiger partial charge < -0.3 is 26.6 Å². The molecule has 2 atom stereocenters. The summed E-state index contributed by atoms with van der Waals surface area (Å²) in [7, 11) is 0. The molecular weight excluding hydrogens is 293 g/mol. The number of ether oxygens (including phenoxy) is 1. The quantitative estimate of drug-likeness (QED) is 0.581. The summed E-state index contributed by atoms with van der Waals surface area (Å²) in [5.74, 6) is -2.39. The average molecular weight is 310 g/mol. The predicted octanol–water partition coefficient (Wildman–Crippen LogP) is 0.275. The van der Waals surface area contributed by atoms with Crippen LogP contribution in [-0.4, -0.2) is 41.6 Å². The molecule has 0 amide bonds. The number of carboxylic acids is 1. The molecule has 0 aromatic rings. The third kappa shape index (κ3) is 6.00. The van der Waals surface area contributed by atoms with Gasteiger partial charge in [0.25, 0.3) is 0 Å². The minimum absolute atomic E-state index is 0.222. The minimum Gasteiger partial charge on any atom is -0.475 e. The van der Waals surface area contributed by atoms with E-state index < -0.39 is 17.8 Å². The van der Waals surface area contributed by atoms with Gasteiger partial charge in [-0.1, -0.05) is 0 Å². The molecule has 1 saturated heterocycles. The molecule has 2 unspecified atom stereocenters. The van der Waals surface area contributed by atoms with E-state index in [-0.39, 0.29) is 6.10 Å². The van der Waals surface area contributed by atoms with Crippen molar-refractivity contribution < 1.29 is 27.8 Å². The monoisotopic (exact) mass is 310 g/mol. The van der Waals surface area contributed by atoms with Crippen molar-refractivity contribution in [1.82, 2.24) is 5.32 Å². The Labute approximate surface area is 118 Å². The summed E-state index contributed by atoms with van der Waals surface area (Å²) in [6.07, 6.45) is 1.57. The maximum absolute atomic E-state index is 10.6. The molecule has 0 aliphatic carbocycles. The molecule has 0 aromatic carbocycles. The Hall–Kier alpha value is -1.81. The van der Waals surface area contributed by atoms with E-state index in [1.807, 2.05) is 6.08 Å². The van der Waals surface area contributed by atoms with Gasteiger partial charge in [-0.05, 0) is 18.9 Å². The zero-order chi connectivity index (χ0) is 16.1. The Bertz CT molecular complexity index is 433. The molecule has 120 valence electrons. The number of halogens is 3. The summed E-state index contributed by atoms with van der Waals surface area (Å²) in [6.45, 7) is 0.835. The van der Waals surface area contributed by atoms with Crippen LogP contribution < -0.4 is 16.8 Å². The van der Waals surface area contributed by atoms with E-state index in [0.717, 1.165) is 19.4 Å². The number of carbonyl (C=O) groups is 1. The van der Waals surface area contributed by atoms with Gasteiger partial charge in [-0.3, -0.25) is 0 Å². The van der Waals surface area contributed by atoms with Gasteiger partial charge in [-0.25, -0.2) is 9.79 Å². The number of nitrogens with zero attached hydrogens (tertiary/aromatic N) is 1. The second-order valence-electron chi connectivity index (χ2n) is 4.61. The Balaban J connectivity index is 0.000000270. The molecule has 2 aliphatic heterocycles. The molecule has 7 nitrogen and oxygen atoms in total. The number of guanidine groups is 1. The van der Waals surface area contributed by atoms with Crippen molar-refractivity contribution in [2.45, 2.75) is 37.2 Å². The smallest absolute Gasteiger partial charge is 0.475 e. The van der Waals surface area contributed by atoms with Gasteiger partial charge in [-0.2, -0.15) is 13.2 Å². The highest BCUT2D eigenvalue weighted by atomic mass is 19.4. The lowest BCUT2D eigenvalue weighted by molar-refractivity contribution is -0.192. The van der Waals surface area contributed by atoms with Crippen LogP contribution in [0.5, 0.6) is 0 Å². The largest absolute Gasteiger partial charge is 0.490 e. The van der Waals surface area contributed by atoms with Crippen molar-refractivity contribution in [1.29, 1.82) is 0 Å². The number of hydrogen-bond donors (Lipinski definition) is 4. The molecule has 21 heavy (non-hydrogen) atoms. The maximum atomic E-state index is 10.6. The molecular formula is C11H17F3N4O3. The van der Waals surface area contributed by atoms with Crippen molar-refractivity contribution in [2.75, 3.05) is 6.61 Å². The Morgan fingerprint density at radius 1 is 1.62 bits per heavy atom. The number of nitrogens with one attached hydrogen (secondary N) is 1. The minimum atomic E-state index is -5.08. The first-order valence-electron chi connectivity index (χ1n) is 6.12. The Kier molecular flexibility index (Phi) is 5.55. The van der Waals surface area contributed by atoms with Crippen molar-refractivity contribution in [2.24, 2.45) is 16.5 Å². The standard InChI is InChI=1S/C9H16N4O.C2HF3O2/c10-8-12-4-3-9(11,13-8)6-7-2-1-5-14-7;3-2(4,5)1(6)7/h3-4,7H,1-2,5-6,11H2,(H3,10,12,13);(H,6,7). The number of nitrogens with two attached hydrogens (primary N) is 2. The van der Waals surface area contributed by atoms with E-state index in [9.17, 15) is 13.2 Å². The molecule has 2 rings (SSSR count). The third-order valence-corrected chi connectivity index (χ3v) is 2.75. The van der Waals surface area contributed by atoms with Crippen LogP contribution >= 0.6 is 0 Å². The highest BCUT2D eigenvalue weighted by Gasteiger charge is 2.38. The Morgan fingerprint density at radius 2 is 2.24 bits per heavy atom. The van der Waals surface area contributed by atoms with Crippen molar-refractivity contribution in [3.05, 3.63) is 12.3 Å². The summed E-state index contributed by atoms with van der Waals surface area (Å²) in [4.78, 5) is 13.1. The van der Waals surface area contributed by atoms with E-state index in [0.29, 0.717) is 12.4 Å². The van der Waals surface area contributed by atoms with E-state index >= 15 is 0 Å². The summed E-state index contributed by atoms with van der Waals surface area (Å²) >= 11 is 0. The molecule has 0 spiro atoms. The van der Waals surface area contributed by atoms with Crippen LogP contribution in [0.1, 0.15) is 19.3 Å². The van der Waals surface area contributed by atoms with Gasteiger partial charge in [0.2, 0.25) is 0 Å². The molecule has 1 fully saturated rings.